The predicted octanol–water partition coefficient (Wildman–Crippen LogP) is -0.390. The van der Waals surface area contributed by atoms with Gasteiger partial charge >= 0.3 is 21.5 Å². The van der Waals surface area contributed by atoms with Crippen LogP contribution in [0.2, 0.25) is 0 Å². The van der Waals surface area contributed by atoms with E-state index >= 15 is 0 Å². The van der Waals surface area contributed by atoms with Gasteiger partial charge in [-0.3, -0.25) is 9.59 Å². The molecule has 0 aromatic rings. The maximum atomic E-state index is 12.8. The zero-order valence-corrected chi connectivity index (χ0v) is 21.1. The molecule has 4 aliphatic heterocycles. The van der Waals surface area contributed by atoms with Crippen molar-refractivity contribution < 1.29 is 41.1 Å². The van der Waals surface area contributed by atoms with E-state index in [-0.39, 0.29) is 22.9 Å². The number of sulfonamides is 1. The minimum atomic E-state index is -5.68. The second-order valence-electron chi connectivity index (χ2n) is 9.66. The number of nitrogens with one attached hydrogen (secondary N) is 2. The van der Waals surface area contributed by atoms with Gasteiger partial charge in [-0.05, 0) is 19.8 Å². The van der Waals surface area contributed by atoms with Crippen molar-refractivity contribution in [3.8, 4) is 0 Å². The number of β-lactam (4-membered cyclic amide) rings is 1. The van der Waals surface area contributed by atoms with E-state index < -0.39 is 57.4 Å². The summed E-state index contributed by atoms with van der Waals surface area (Å²) in [5.41, 5.74) is 0.0984. The average molecular weight is 556 g/mol. The number of aliphatic carboxylic acids is 1. The smallest absolute Gasteiger partial charge is 0.477 e. The van der Waals surface area contributed by atoms with Crippen LogP contribution in [0.1, 0.15) is 26.7 Å². The van der Waals surface area contributed by atoms with Crippen LogP contribution in [0.3, 0.4) is 0 Å². The van der Waals surface area contributed by atoms with E-state index in [2.05, 4.69) is 5.32 Å². The van der Waals surface area contributed by atoms with Crippen molar-refractivity contribution in [2.24, 2.45) is 17.6 Å². The third-order valence-corrected chi connectivity index (χ3v) is 10.00. The average Bonchev–Trinajstić information content (AvgIpc) is 3.45. The third-order valence-electron chi connectivity index (χ3n) is 7.19. The Morgan fingerprint density at radius 3 is 2.56 bits per heavy atom. The summed E-state index contributed by atoms with van der Waals surface area (Å²) >= 11 is 1.23. The number of nitrogens with two attached hydrogens (primary N) is 1. The largest absolute Gasteiger partial charge is 0.511 e. The molecule has 202 valence electrons. The van der Waals surface area contributed by atoms with Crippen molar-refractivity contribution in [3.05, 3.63) is 10.6 Å². The van der Waals surface area contributed by atoms with Gasteiger partial charge in [0, 0.05) is 47.8 Å². The third kappa shape index (κ3) is 4.61. The zero-order valence-electron chi connectivity index (χ0n) is 19.5. The molecule has 0 aromatic heterocycles. The first-order chi connectivity index (χ1) is 16.6. The molecule has 4 aliphatic rings. The Bertz CT molecular complexity index is 1100. The van der Waals surface area contributed by atoms with Crippen LogP contribution in [0.25, 0.3) is 0 Å². The molecular formula is C20H28F3N5O6S2. The van der Waals surface area contributed by atoms with Crippen LogP contribution in [0.4, 0.5) is 13.2 Å². The van der Waals surface area contributed by atoms with E-state index in [0.29, 0.717) is 31.0 Å². The van der Waals surface area contributed by atoms with E-state index in [0.717, 1.165) is 18.2 Å². The highest BCUT2D eigenvalue weighted by Crippen LogP contribution is 2.52. The first-order valence-electron chi connectivity index (χ1n) is 11.5. The Kier molecular flexibility index (Phi) is 7.13. The van der Waals surface area contributed by atoms with Crippen molar-refractivity contribution in [1.82, 2.24) is 19.8 Å². The van der Waals surface area contributed by atoms with Crippen LogP contribution in [0.15, 0.2) is 10.6 Å². The van der Waals surface area contributed by atoms with Gasteiger partial charge in [-0.25, -0.2) is 17.9 Å². The van der Waals surface area contributed by atoms with E-state index in [1.807, 2.05) is 0 Å². The fraction of sp³-hybridized carbons (Fsp3) is 0.750. The number of hydrogen-bond acceptors (Lipinski definition) is 8. The van der Waals surface area contributed by atoms with Crippen molar-refractivity contribution in [2.75, 3.05) is 19.6 Å². The van der Waals surface area contributed by atoms with Gasteiger partial charge in [-0.1, -0.05) is 6.92 Å². The molecule has 0 unspecified atom stereocenters. The van der Waals surface area contributed by atoms with Gasteiger partial charge < -0.3 is 26.0 Å². The molecule has 3 fully saturated rings. The first kappa shape index (κ1) is 27.2. The maximum Gasteiger partial charge on any atom is 0.511 e. The number of carbonyl (C=O) groups excluding carboxylic acids is 2. The Morgan fingerprint density at radius 1 is 1.33 bits per heavy atom. The number of likely N-dealkylation sites (tertiary alicyclic amines) is 1. The van der Waals surface area contributed by atoms with Gasteiger partial charge in [0.2, 0.25) is 11.8 Å². The minimum absolute atomic E-state index is 0.0545. The molecule has 2 amide bonds. The van der Waals surface area contributed by atoms with Crippen LogP contribution in [0.5, 0.6) is 0 Å². The summed E-state index contributed by atoms with van der Waals surface area (Å²) in [6.07, 6.45) is 1.16. The number of halogens is 3. The Balaban J connectivity index is 1.46. The SMILES string of the molecule is C[C@@H](NS(=O)(=O)C(F)(F)F)[C@H]1C(=O)N2C(C(=O)O)=C(S[C@@H]3CN[C@H](C(=O)N4CC[C@H](N)C4)C3)[C@H](C)[C@H]12. The highest BCUT2D eigenvalue weighted by Gasteiger charge is 2.61. The molecule has 0 spiro atoms. The molecule has 3 saturated heterocycles. The molecule has 0 radical (unpaired) electrons. The highest BCUT2D eigenvalue weighted by atomic mass is 32.2. The molecule has 16 heteroatoms. The van der Waals surface area contributed by atoms with Gasteiger partial charge in [0.1, 0.15) is 5.70 Å². The van der Waals surface area contributed by atoms with Gasteiger partial charge in [0.15, 0.2) is 0 Å². The molecule has 7 atom stereocenters. The summed E-state index contributed by atoms with van der Waals surface area (Å²) in [7, 11) is -5.68. The van der Waals surface area contributed by atoms with Crippen LogP contribution in [-0.4, -0.2) is 95.7 Å². The number of fused-ring (bicyclic) bond motifs is 1. The number of alkyl halides is 3. The molecule has 0 aromatic carbocycles. The van der Waals surface area contributed by atoms with Crippen molar-refractivity contribution >= 4 is 39.6 Å². The van der Waals surface area contributed by atoms with E-state index in [4.69, 9.17) is 5.73 Å². The van der Waals surface area contributed by atoms with Crippen LogP contribution in [-0.2, 0) is 24.4 Å². The number of thioether (sulfide) groups is 1. The molecular weight excluding hydrogens is 527 g/mol. The molecule has 4 heterocycles. The lowest BCUT2D eigenvalue weighted by Crippen LogP contribution is -2.66. The summed E-state index contributed by atoms with van der Waals surface area (Å²) in [5, 5.41) is 12.8. The minimum Gasteiger partial charge on any atom is -0.477 e. The summed E-state index contributed by atoms with van der Waals surface area (Å²) < 4.78 is 63.0. The second-order valence-corrected chi connectivity index (χ2v) is 12.7. The fourth-order valence-corrected chi connectivity index (χ4v) is 7.70. The van der Waals surface area contributed by atoms with Crippen molar-refractivity contribution in [1.29, 1.82) is 0 Å². The Hall–Kier alpha value is -1.88. The lowest BCUT2D eigenvalue weighted by Gasteiger charge is -2.47. The van der Waals surface area contributed by atoms with E-state index in [1.54, 1.807) is 11.8 Å². The number of carbonyl (C=O) groups is 3. The molecule has 36 heavy (non-hydrogen) atoms. The predicted molar refractivity (Wildman–Crippen MR) is 122 cm³/mol. The van der Waals surface area contributed by atoms with Crippen molar-refractivity contribution in [3.63, 3.8) is 0 Å². The second kappa shape index (κ2) is 9.45. The summed E-state index contributed by atoms with van der Waals surface area (Å²) in [4.78, 5) is 40.8. The Labute approximate surface area is 210 Å². The lowest BCUT2D eigenvalue weighted by atomic mass is 9.78. The number of carboxylic acid groups (broad SMARTS) is 1. The van der Waals surface area contributed by atoms with E-state index in [9.17, 15) is 41.1 Å². The van der Waals surface area contributed by atoms with Gasteiger partial charge in [0.25, 0.3) is 0 Å². The highest BCUT2D eigenvalue weighted by molar-refractivity contribution is 8.03. The first-order valence-corrected chi connectivity index (χ1v) is 13.8. The van der Waals surface area contributed by atoms with Crippen LogP contribution in [0, 0.1) is 11.8 Å². The topological polar surface area (TPSA) is 162 Å². The number of hydrogen-bond donors (Lipinski definition) is 4. The molecule has 5 N–H and O–H groups in total. The van der Waals surface area contributed by atoms with Crippen LogP contribution < -0.4 is 15.8 Å². The van der Waals surface area contributed by atoms with Gasteiger partial charge in [0.05, 0.1) is 18.0 Å². The van der Waals surface area contributed by atoms with E-state index in [1.165, 1.54) is 16.5 Å². The monoisotopic (exact) mass is 555 g/mol. The fourth-order valence-electron chi connectivity index (χ4n) is 5.45. The molecule has 11 nitrogen and oxygen atoms in total. The quantitative estimate of drug-likeness (QED) is 0.307. The summed E-state index contributed by atoms with van der Waals surface area (Å²) in [6.45, 7) is 4.31. The molecule has 4 rings (SSSR count). The molecule has 0 bridgehead atoms. The van der Waals surface area contributed by atoms with Crippen LogP contribution >= 0.6 is 11.8 Å². The van der Waals surface area contributed by atoms with Crippen molar-refractivity contribution in [2.45, 2.75) is 61.6 Å². The van der Waals surface area contributed by atoms with Gasteiger partial charge in [-0.15, -0.1) is 11.8 Å². The van der Waals surface area contributed by atoms with Gasteiger partial charge in [-0.2, -0.15) is 13.2 Å². The summed E-state index contributed by atoms with van der Waals surface area (Å²) in [5.74, 6) is -3.87. The summed E-state index contributed by atoms with van der Waals surface area (Å²) in [6, 6.07) is -2.69. The maximum absolute atomic E-state index is 12.8. The number of amides is 2. The standard InChI is InChI=1S/C20H28F3N5O6S2/c1-8-14-13(9(2)26-36(33,34)20(21,22)23)18(30)28(14)15(19(31)32)16(8)35-11-5-12(25-6-11)17(29)27-4-3-10(24)7-27/h8-14,25-26H,3-7,24H2,1-2H3,(H,31,32)/t8-,9-,10+,11+,12+,13-,14-/m1/s1. The Morgan fingerprint density at radius 2 is 2.00 bits per heavy atom. The number of nitrogens with zero attached hydrogens (tertiary/aromatic N) is 2. The molecule has 0 saturated carbocycles. The normalized spacial score (nSPS) is 33.7. The lowest BCUT2D eigenvalue weighted by molar-refractivity contribution is -0.158. The molecule has 0 aliphatic carbocycles. The zero-order chi connectivity index (χ0) is 26.7. The number of carboxylic acids is 1. The number of rotatable bonds is 7.